The fourth-order valence-electron chi connectivity index (χ4n) is 4.70. The smallest absolute Gasteiger partial charge is 0.188 e. The maximum absolute atomic E-state index is 6.47. The molecule has 4 nitrogen and oxygen atoms in total. The van der Waals surface area contributed by atoms with Crippen molar-refractivity contribution in [3.05, 3.63) is 59.7 Å². The van der Waals surface area contributed by atoms with Gasteiger partial charge in [0.25, 0.3) is 0 Å². The van der Waals surface area contributed by atoms with Gasteiger partial charge in [0.1, 0.15) is 6.10 Å². The van der Waals surface area contributed by atoms with Gasteiger partial charge in [-0.05, 0) is 55.9 Å². The number of rotatable bonds is 7. The molecule has 2 bridgehead atoms. The van der Waals surface area contributed by atoms with Gasteiger partial charge in [-0.3, -0.25) is 4.90 Å². The van der Waals surface area contributed by atoms with Crippen LogP contribution in [-0.2, 0) is 11.3 Å². The largest absolute Gasteiger partial charge is 0.486 e. The molecule has 4 rings (SSSR count). The number of methoxy groups -OCH3 is 1. The first kappa shape index (κ1) is 19.3. The van der Waals surface area contributed by atoms with Crippen molar-refractivity contribution < 1.29 is 14.2 Å². The summed E-state index contributed by atoms with van der Waals surface area (Å²) in [6.07, 6.45) is 6.28. The number of hydrogen-bond donors (Lipinski definition) is 0. The molecule has 0 aromatic heterocycles. The van der Waals surface area contributed by atoms with Crippen LogP contribution in [0.25, 0.3) is 0 Å². The zero-order chi connectivity index (χ0) is 19.3. The molecule has 2 aliphatic heterocycles. The molecule has 0 spiro atoms. The predicted octanol–water partition coefficient (Wildman–Crippen LogP) is 4.94. The molecule has 0 unspecified atom stereocenters. The Hall–Kier alpha value is -2.04. The maximum Gasteiger partial charge on any atom is 0.188 e. The lowest BCUT2D eigenvalue weighted by molar-refractivity contribution is -0.0240. The van der Waals surface area contributed by atoms with E-state index in [-0.39, 0.29) is 12.9 Å². The van der Waals surface area contributed by atoms with Crippen molar-refractivity contribution in [1.82, 2.24) is 4.90 Å². The molecular formula is C24H31NO3. The Kier molecular flexibility index (Phi) is 6.18. The van der Waals surface area contributed by atoms with Gasteiger partial charge >= 0.3 is 0 Å². The van der Waals surface area contributed by atoms with Crippen molar-refractivity contribution in [2.24, 2.45) is 0 Å². The van der Waals surface area contributed by atoms with E-state index in [0.717, 1.165) is 36.4 Å². The van der Waals surface area contributed by atoms with E-state index in [1.165, 1.54) is 24.8 Å². The van der Waals surface area contributed by atoms with Crippen LogP contribution >= 0.6 is 0 Å². The van der Waals surface area contributed by atoms with Gasteiger partial charge in [0.15, 0.2) is 18.3 Å². The zero-order valence-corrected chi connectivity index (χ0v) is 17.0. The average Bonchev–Trinajstić information content (AvgIpc) is 2.69. The molecule has 0 aliphatic carbocycles. The highest BCUT2D eigenvalue weighted by atomic mass is 16.7. The Morgan fingerprint density at radius 2 is 1.71 bits per heavy atom. The number of ether oxygens (including phenoxy) is 3. The van der Waals surface area contributed by atoms with Crippen LogP contribution in [0.15, 0.2) is 48.5 Å². The lowest BCUT2D eigenvalue weighted by Crippen LogP contribution is -2.53. The Balaban J connectivity index is 1.44. The zero-order valence-electron chi connectivity index (χ0n) is 17.0. The summed E-state index contributed by atoms with van der Waals surface area (Å²) in [5.74, 6) is 1.61. The van der Waals surface area contributed by atoms with Crippen molar-refractivity contribution >= 4 is 0 Å². The van der Waals surface area contributed by atoms with Crippen LogP contribution in [0.4, 0.5) is 0 Å². The molecule has 150 valence electrons. The lowest BCUT2D eigenvalue weighted by atomic mass is 9.82. The maximum atomic E-state index is 6.47. The molecule has 0 amide bonds. The van der Waals surface area contributed by atoms with Crippen LogP contribution in [-0.4, -0.2) is 37.0 Å². The molecule has 2 fully saturated rings. The minimum Gasteiger partial charge on any atom is -0.486 e. The molecule has 2 aliphatic rings. The van der Waals surface area contributed by atoms with E-state index in [1.807, 2.05) is 12.1 Å². The third-order valence-corrected chi connectivity index (χ3v) is 6.02. The minimum atomic E-state index is 0.237. The van der Waals surface area contributed by atoms with E-state index in [4.69, 9.17) is 14.2 Å². The highest BCUT2D eigenvalue weighted by Gasteiger charge is 2.39. The van der Waals surface area contributed by atoms with E-state index in [1.54, 1.807) is 7.11 Å². The van der Waals surface area contributed by atoms with Crippen molar-refractivity contribution in [2.75, 3.05) is 13.9 Å². The first-order chi connectivity index (χ1) is 13.7. The Bertz CT molecular complexity index is 750. The monoisotopic (exact) mass is 381 g/mol. The number of nitrogens with zero attached hydrogens (tertiary/aromatic N) is 1. The molecule has 2 aromatic rings. The van der Waals surface area contributed by atoms with Gasteiger partial charge in [-0.2, -0.15) is 0 Å². The Labute approximate surface area is 168 Å². The number of piperidine rings is 2. The molecule has 2 saturated heterocycles. The van der Waals surface area contributed by atoms with Crippen LogP contribution in [0, 0.1) is 6.92 Å². The molecule has 2 heterocycles. The number of fused-ring (bicyclic) bond motifs is 2. The second kappa shape index (κ2) is 8.97. The molecule has 2 aromatic carbocycles. The summed E-state index contributed by atoms with van der Waals surface area (Å²) in [5.41, 5.74) is 2.57. The second-order valence-electron chi connectivity index (χ2n) is 8.11. The van der Waals surface area contributed by atoms with Crippen LogP contribution in [0.1, 0.15) is 43.2 Å². The van der Waals surface area contributed by atoms with Crippen molar-refractivity contribution in [3.63, 3.8) is 0 Å². The summed E-state index contributed by atoms with van der Waals surface area (Å²) in [7, 11) is 1.64. The normalized spacial score (nSPS) is 24.7. The lowest BCUT2D eigenvalue weighted by Gasteiger charge is -2.48. The number of hydrogen-bond acceptors (Lipinski definition) is 4. The standard InChI is InChI=1S/C24H31NO3/c1-18-11-12-23(24(13-18)27-17-26-2)28-22-14-20-9-6-10-21(15-22)25(20)16-19-7-4-3-5-8-19/h3-5,7-8,11-13,20-22H,6,9-10,14-17H2,1-2H3/t20-,21+,22+. The van der Waals surface area contributed by atoms with Crippen molar-refractivity contribution in [3.8, 4) is 11.5 Å². The van der Waals surface area contributed by atoms with Gasteiger partial charge < -0.3 is 14.2 Å². The van der Waals surface area contributed by atoms with Crippen LogP contribution in [0.2, 0.25) is 0 Å². The first-order valence-electron chi connectivity index (χ1n) is 10.4. The summed E-state index contributed by atoms with van der Waals surface area (Å²) in [6, 6.07) is 18.2. The highest BCUT2D eigenvalue weighted by Crippen LogP contribution is 2.38. The van der Waals surface area contributed by atoms with Crippen molar-refractivity contribution in [2.45, 2.75) is 63.8 Å². The van der Waals surface area contributed by atoms with E-state index in [2.05, 4.69) is 48.2 Å². The second-order valence-corrected chi connectivity index (χ2v) is 8.11. The molecular weight excluding hydrogens is 350 g/mol. The van der Waals surface area contributed by atoms with Crippen LogP contribution < -0.4 is 9.47 Å². The van der Waals surface area contributed by atoms with Gasteiger partial charge in [0, 0.05) is 25.7 Å². The average molecular weight is 382 g/mol. The third kappa shape index (κ3) is 4.50. The summed E-state index contributed by atoms with van der Waals surface area (Å²) in [5, 5.41) is 0. The van der Waals surface area contributed by atoms with E-state index < -0.39 is 0 Å². The minimum absolute atomic E-state index is 0.237. The van der Waals surface area contributed by atoms with Gasteiger partial charge in [0.2, 0.25) is 0 Å². The molecule has 0 N–H and O–H groups in total. The van der Waals surface area contributed by atoms with Crippen molar-refractivity contribution in [1.29, 1.82) is 0 Å². The molecule has 4 heteroatoms. The fraction of sp³-hybridized carbons (Fsp3) is 0.500. The Morgan fingerprint density at radius 1 is 0.964 bits per heavy atom. The quantitative estimate of drug-likeness (QED) is 0.636. The van der Waals surface area contributed by atoms with Gasteiger partial charge in [-0.1, -0.05) is 42.8 Å². The number of benzene rings is 2. The van der Waals surface area contributed by atoms with Crippen LogP contribution in [0.3, 0.4) is 0 Å². The highest BCUT2D eigenvalue weighted by molar-refractivity contribution is 5.42. The summed E-state index contributed by atoms with van der Waals surface area (Å²) in [6.45, 7) is 3.35. The van der Waals surface area contributed by atoms with Gasteiger partial charge in [-0.15, -0.1) is 0 Å². The van der Waals surface area contributed by atoms with Gasteiger partial charge in [-0.25, -0.2) is 0 Å². The fourth-order valence-corrected chi connectivity index (χ4v) is 4.70. The third-order valence-electron chi connectivity index (χ3n) is 6.02. The molecule has 0 radical (unpaired) electrons. The topological polar surface area (TPSA) is 30.9 Å². The number of aryl methyl sites for hydroxylation is 1. The Morgan fingerprint density at radius 3 is 2.43 bits per heavy atom. The van der Waals surface area contributed by atoms with E-state index >= 15 is 0 Å². The summed E-state index contributed by atoms with van der Waals surface area (Å²) >= 11 is 0. The molecule has 0 saturated carbocycles. The van der Waals surface area contributed by atoms with Crippen LogP contribution in [0.5, 0.6) is 11.5 Å². The van der Waals surface area contributed by atoms with E-state index in [9.17, 15) is 0 Å². The molecule has 28 heavy (non-hydrogen) atoms. The molecule has 3 atom stereocenters. The summed E-state index contributed by atoms with van der Waals surface area (Å²) in [4.78, 5) is 2.72. The van der Waals surface area contributed by atoms with E-state index in [0.29, 0.717) is 12.1 Å². The SMILES string of the molecule is COCOc1cc(C)ccc1O[C@H]1C[C@H]2CCC[C@@H](C1)N2Cc1ccccc1. The predicted molar refractivity (Wildman–Crippen MR) is 111 cm³/mol. The summed E-state index contributed by atoms with van der Waals surface area (Å²) < 4.78 is 17.3. The van der Waals surface area contributed by atoms with Gasteiger partial charge in [0.05, 0.1) is 0 Å². The first-order valence-corrected chi connectivity index (χ1v) is 10.4.